The minimum atomic E-state index is -0.0168. The Morgan fingerprint density at radius 3 is 3.17 bits per heavy atom. The van der Waals surface area contributed by atoms with Gasteiger partial charge in [0.1, 0.15) is 0 Å². The van der Waals surface area contributed by atoms with E-state index in [2.05, 4.69) is 15.2 Å². The Kier molecular flexibility index (Phi) is 5.59. The molecular weight excluding hydrogens is 294 g/mol. The zero-order valence-electron chi connectivity index (χ0n) is 13.6. The minimum absolute atomic E-state index is 0.0168. The van der Waals surface area contributed by atoms with Gasteiger partial charge in [0.2, 0.25) is 5.91 Å². The van der Waals surface area contributed by atoms with Crippen LogP contribution in [0.25, 0.3) is 0 Å². The molecule has 1 aromatic heterocycles. The van der Waals surface area contributed by atoms with Crippen molar-refractivity contribution in [2.45, 2.75) is 19.1 Å². The number of carbonyl (C=O) groups is 1. The number of pyridine rings is 1. The van der Waals surface area contributed by atoms with Crippen LogP contribution in [0.1, 0.15) is 12.1 Å². The molecule has 6 heteroatoms. The molecule has 0 spiro atoms. The minimum Gasteiger partial charge on any atom is -0.383 e. The average Bonchev–Trinajstić information content (AvgIpc) is 3.06. The average molecular weight is 319 g/mol. The maximum Gasteiger partial charge on any atom is 0.225 e. The quantitative estimate of drug-likeness (QED) is 0.835. The van der Waals surface area contributed by atoms with Gasteiger partial charge in [0.15, 0.2) is 0 Å². The number of nitrogens with zero attached hydrogens (tertiary/aromatic N) is 2. The van der Waals surface area contributed by atoms with Crippen LogP contribution < -0.4 is 5.32 Å². The topological polar surface area (TPSA) is 63.7 Å². The summed E-state index contributed by atoms with van der Waals surface area (Å²) in [6.07, 6.45) is 2.89. The number of amides is 1. The SMILES string of the molecule is COCCN1C[C@@H]2OCC[C@@H]2[C@H](C(=O)NCc2ccccn2)C1. The van der Waals surface area contributed by atoms with Crippen molar-refractivity contribution in [3.8, 4) is 0 Å². The summed E-state index contributed by atoms with van der Waals surface area (Å²) in [7, 11) is 1.70. The molecule has 126 valence electrons. The van der Waals surface area contributed by atoms with Gasteiger partial charge in [-0.15, -0.1) is 0 Å². The lowest BCUT2D eigenvalue weighted by molar-refractivity contribution is -0.131. The predicted octanol–water partition coefficient (Wildman–Crippen LogP) is 0.681. The van der Waals surface area contributed by atoms with Crippen LogP contribution in [0.3, 0.4) is 0 Å². The van der Waals surface area contributed by atoms with Gasteiger partial charge < -0.3 is 14.8 Å². The Bertz CT molecular complexity index is 511. The molecule has 1 amide bonds. The van der Waals surface area contributed by atoms with Crippen LogP contribution in [0.2, 0.25) is 0 Å². The van der Waals surface area contributed by atoms with Gasteiger partial charge in [-0.3, -0.25) is 14.7 Å². The summed E-state index contributed by atoms with van der Waals surface area (Å²) in [5.41, 5.74) is 0.882. The highest BCUT2D eigenvalue weighted by molar-refractivity contribution is 5.79. The number of likely N-dealkylation sites (tertiary alicyclic amines) is 1. The number of ether oxygens (including phenoxy) is 2. The zero-order chi connectivity index (χ0) is 16.1. The first-order valence-electron chi connectivity index (χ1n) is 8.28. The fourth-order valence-electron chi connectivity index (χ4n) is 3.55. The van der Waals surface area contributed by atoms with Crippen LogP contribution in [0.4, 0.5) is 0 Å². The number of methoxy groups -OCH3 is 1. The third-order valence-corrected chi connectivity index (χ3v) is 4.79. The van der Waals surface area contributed by atoms with E-state index in [0.29, 0.717) is 19.1 Å². The molecule has 3 heterocycles. The highest BCUT2D eigenvalue weighted by Crippen LogP contribution is 2.33. The first kappa shape index (κ1) is 16.4. The van der Waals surface area contributed by atoms with Crippen molar-refractivity contribution >= 4 is 5.91 Å². The molecule has 3 atom stereocenters. The second-order valence-electron chi connectivity index (χ2n) is 6.26. The lowest BCUT2D eigenvalue weighted by atomic mass is 9.82. The fraction of sp³-hybridized carbons (Fsp3) is 0.647. The summed E-state index contributed by atoms with van der Waals surface area (Å²) in [5, 5.41) is 3.04. The summed E-state index contributed by atoms with van der Waals surface area (Å²) in [5.74, 6) is 0.424. The van der Waals surface area contributed by atoms with Gasteiger partial charge in [-0.05, 0) is 18.6 Å². The number of carbonyl (C=O) groups excluding carboxylic acids is 1. The van der Waals surface area contributed by atoms with Crippen LogP contribution in [-0.4, -0.2) is 61.9 Å². The van der Waals surface area contributed by atoms with E-state index in [1.165, 1.54) is 0 Å². The first-order chi connectivity index (χ1) is 11.3. The molecule has 1 N–H and O–H groups in total. The van der Waals surface area contributed by atoms with Gasteiger partial charge >= 0.3 is 0 Å². The first-order valence-corrected chi connectivity index (χ1v) is 8.28. The number of rotatable bonds is 6. The second kappa shape index (κ2) is 7.86. The maximum absolute atomic E-state index is 12.7. The van der Waals surface area contributed by atoms with Crippen LogP contribution in [-0.2, 0) is 20.8 Å². The molecule has 23 heavy (non-hydrogen) atoms. The number of fused-ring (bicyclic) bond motifs is 1. The number of piperidine rings is 1. The molecule has 3 rings (SSSR count). The smallest absolute Gasteiger partial charge is 0.225 e. The normalized spacial score (nSPS) is 27.6. The molecule has 0 unspecified atom stereocenters. The standard InChI is InChI=1S/C17H25N3O3/c1-22-9-7-20-11-15(14-5-8-23-16(14)12-20)17(21)19-10-13-4-2-3-6-18-13/h2-4,6,14-16H,5,7-12H2,1H3,(H,19,21)/t14-,15-,16+/m1/s1. The third-order valence-electron chi connectivity index (χ3n) is 4.79. The summed E-state index contributed by atoms with van der Waals surface area (Å²) < 4.78 is 11.0. The van der Waals surface area contributed by atoms with E-state index in [1.807, 2.05) is 18.2 Å². The van der Waals surface area contributed by atoms with Gasteiger partial charge in [0.05, 0.1) is 30.9 Å². The summed E-state index contributed by atoms with van der Waals surface area (Å²) >= 11 is 0. The van der Waals surface area contributed by atoms with E-state index in [4.69, 9.17) is 9.47 Å². The van der Waals surface area contributed by atoms with Gasteiger partial charge in [-0.1, -0.05) is 6.07 Å². The summed E-state index contributed by atoms with van der Waals surface area (Å²) in [4.78, 5) is 19.2. The lowest BCUT2D eigenvalue weighted by Crippen LogP contribution is -2.53. The van der Waals surface area contributed by atoms with Crippen molar-refractivity contribution in [2.24, 2.45) is 11.8 Å². The molecule has 0 aromatic carbocycles. The monoisotopic (exact) mass is 319 g/mol. The third kappa shape index (κ3) is 4.07. The molecule has 1 aromatic rings. The molecule has 0 radical (unpaired) electrons. The van der Waals surface area contributed by atoms with Crippen LogP contribution >= 0.6 is 0 Å². The molecule has 2 saturated heterocycles. The van der Waals surface area contributed by atoms with Gasteiger partial charge in [0.25, 0.3) is 0 Å². The van der Waals surface area contributed by atoms with Crippen molar-refractivity contribution in [3.05, 3.63) is 30.1 Å². The highest BCUT2D eigenvalue weighted by atomic mass is 16.5. The molecule has 2 aliphatic rings. The molecule has 0 aliphatic carbocycles. The Labute approximate surface area is 137 Å². The molecule has 0 saturated carbocycles. The Morgan fingerprint density at radius 1 is 1.48 bits per heavy atom. The van der Waals surface area contributed by atoms with E-state index in [1.54, 1.807) is 13.3 Å². The molecule has 2 aliphatic heterocycles. The van der Waals surface area contributed by atoms with Crippen molar-refractivity contribution in [1.82, 2.24) is 15.2 Å². The van der Waals surface area contributed by atoms with Crippen molar-refractivity contribution in [1.29, 1.82) is 0 Å². The Morgan fingerprint density at radius 2 is 2.39 bits per heavy atom. The molecule has 0 bridgehead atoms. The van der Waals surface area contributed by atoms with Gasteiger partial charge in [-0.25, -0.2) is 0 Å². The van der Waals surface area contributed by atoms with Crippen LogP contribution in [0.15, 0.2) is 24.4 Å². The van der Waals surface area contributed by atoms with E-state index in [-0.39, 0.29) is 17.9 Å². The molecule has 2 fully saturated rings. The van der Waals surface area contributed by atoms with E-state index >= 15 is 0 Å². The van der Waals surface area contributed by atoms with E-state index < -0.39 is 0 Å². The summed E-state index contributed by atoms with van der Waals surface area (Å²) in [6.45, 7) is 4.44. The van der Waals surface area contributed by atoms with E-state index in [0.717, 1.165) is 38.4 Å². The van der Waals surface area contributed by atoms with Crippen molar-refractivity contribution in [2.75, 3.05) is 40.0 Å². The van der Waals surface area contributed by atoms with E-state index in [9.17, 15) is 4.79 Å². The molecular formula is C17H25N3O3. The number of hydrogen-bond acceptors (Lipinski definition) is 5. The van der Waals surface area contributed by atoms with Crippen LogP contribution in [0.5, 0.6) is 0 Å². The van der Waals surface area contributed by atoms with Crippen LogP contribution in [0, 0.1) is 11.8 Å². The largest absolute Gasteiger partial charge is 0.383 e. The maximum atomic E-state index is 12.7. The fourth-order valence-corrected chi connectivity index (χ4v) is 3.55. The Hall–Kier alpha value is -1.50. The van der Waals surface area contributed by atoms with Crippen molar-refractivity contribution in [3.63, 3.8) is 0 Å². The number of aromatic nitrogens is 1. The molecule has 6 nitrogen and oxygen atoms in total. The van der Waals surface area contributed by atoms with Crippen molar-refractivity contribution < 1.29 is 14.3 Å². The lowest BCUT2D eigenvalue weighted by Gasteiger charge is -2.39. The zero-order valence-corrected chi connectivity index (χ0v) is 13.6. The highest BCUT2D eigenvalue weighted by Gasteiger charge is 2.43. The summed E-state index contributed by atoms with van der Waals surface area (Å²) in [6, 6.07) is 5.73. The van der Waals surface area contributed by atoms with Gasteiger partial charge in [-0.2, -0.15) is 0 Å². The van der Waals surface area contributed by atoms with Gasteiger partial charge in [0, 0.05) is 45.5 Å². The second-order valence-corrected chi connectivity index (χ2v) is 6.26. The predicted molar refractivity (Wildman–Crippen MR) is 85.7 cm³/mol. The number of hydrogen-bond donors (Lipinski definition) is 1. The Balaban J connectivity index is 1.60. The number of nitrogens with one attached hydrogen (secondary N) is 1.